The summed E-state index contributed by atoms with van der Waals surface area (Å²) in [6, 6.07) is 0. The number of imide groups is 3. The average Bonchev–Trinajstić information content (AvgIpc) is 3.69. The molecule has 0 saturated carbocycles. The van der Waals surface area contributed by atoms with Crippen molar-refractivity contribution in [2.75, 3.05) is 43.9 Å². The molecule has 54 heavy (non-hydrogen) atoms. The van der Waals surface area contributed by atoms with E-state index < -0.39 is 34.2 Å². The standard InChI is InChI=1S/C11H16N2O4S.C8H9NO5S.C7H8N2O3.C3H6OS.2CH4.H3NO/c1-3-12-9(15)5-13-10(16)4-8(11(13)17)18-6-7(2)14;1-5(10)4-15-8(13)14-9-6(11)2-3-7(9)12;1-8-5(10)4-9-6(11)2-3-7(9)12;1-3(4)2-5;;;1-2/h8H,3-6H2,1-2H3,(H,12,15);2-4H2,1H3;2-3H,4H2,1H3,(H,8,10);5H,2H2,1H3;2*1H4;2H,1H2. The number of hydroxylamine groups is 2. The van der Waals surface area contributed by atoms with Gasteiger partial charge in [0.05, 0.1) is 16.8 Å². The Kier molecular flexibility index (Phi) is 32.3. The van der Waals surface area contributed by atoms with Crippen molar-refractivity contribution < 1.29 is 67.6 Å². The second kappa shape index (κ2) is 31.0. The summed E-state index contributed by atoms with van der Waals surface area (Å²) in [5.74, 6) is 0.544. The smallest absolute Gasteiger partial charge is 0.358 e. The number of likely N-dealkylation sites (N-methyl/N-ethyl adjacent to an activating group) is 2. The number of carbonyl (C=O) groups excluding carboxylic acids is 12. The Morgan fingerprint density at radius 3 is 1.69 bits per heavy atom. The normalized spacial score (nSPS) is 15.0. The number of nitrogens with two attached hydrogens (primary N) is 1. The zero-order valence-electron chi connectivity index (χ0n) is 29.0. The summed E-state index contributed by atoms with van der Waals surface area (Å²) in [5, 5.41) is 10.4. The van der Waals surface area contributed by atoms with Crippen LogP contribution in [-0.2, 0) is 57.6 Å². The van der Waals surface area contributed by atoms with Crippen LogP contribution in [0, 0.1) is 0 Å². The molecule has 2 saturated heterocycles. The lowest BCUT2D eigenvalue weighted by Crippen LogP contribution is -2.41. The number of nitrogens with zero attached hydrogens (tertiary/aromatic N) is 3. The highest BCUT2D eigenvalue weighted by Gasteiger charge is 2.39. The molecule has 3 heterocycles. The van der Waals surface area contributed by atoms with Gasteiger partial charge in [0.2, 0.25) is 23.6 Å². The number of thiol groups is 1. The molecule has 306 valence electrons. The molecule has 0 aromatic heterocycles. The third kappa shape index (κ3) is 23.3. The maximum absolute atomic E-state index is 11.9. The van der Waals surface area contributed by atoms with E-state index in [1.807, 2.05) is 0 Å². The zero-order chi connectivity index (χ0) is 40.6. The molecule has 20 nitrogen and oxygen atoms in total. The number of ketones is 3. The first kappa shape index (κ1) is 56.3. The topological polar surface area (TPSA) is 294 Å². The minimum atomic E-state index is -0.825. The van der Waals surface area contributed by atoms with Crippen molar-refractivity contribution in [3.63, 3.8) is 0 Å². The van der Waals surface area contributed by atoms with Crippen LogP contribution in [0.15, 0.2) is 12.2 Å². The van der Waals surface area contributed by atoms with E-state index >= 15 is 0 Å². The van der Waals surface area contributed by atoms with E-state index in [1.54, 1.807) is 6.92 Å². The number of likely N-dealkylation sites (tertiary alicyclic amines) is 1. The second-order valence-electron chi connectivity index (χ2n) is 10.0. The highest BCUT2D eigenvalue weighted by molar-refractivity contribution is 8.13. The lowest BCUT2D eigenvalue weighted by Gasteiger charge is -2.13. The van der Waals surface area contributed by atoms with Gasteiger partial charge >= 0.3 is 5.30 Å². The predicted octanol–water partition coefficient (Wildman–Crippen LogP) is -0.149. The largest absolute Gasteiger partial charge is 0.392 e. The van der Waals surface area contributed by atoms with Crippen molar-refractivity contribution in [1.82, 2.24) is 25.5 Å². The van der Waals surface area contributed by atoms with E-state index in [2.05, 4.69) is 34.0 Å². The average molecular weight is 827 g/mol. The van der Waals surface area contributed by atoms with E-state index in [-0.39, 0.29) is 99.7 Å². The van der Waals surface area contributed by atoms with Crippen molar-refractivity contribution >= 4 is 106 Å². The van der Waals surface area contributed by atoms with Crippen molar-refractivity contribution in [3.05, 3.63) is 12.2 Å². The minimum Gasteiger partial charge on any atom is -0.358 e. The first-order chi connectivity index (χ1) is 24.4. The van der Waals surface area contributed by atoms with Crippen LogP contribution in [0.4, 0.5) is 4.79 Å². The summed E-state index contributed by atoms with van der Waals surface area (Å²) in [7, 11) is 1.45. The van der Waals surface area contributed by atoms with Gasteiger partial charge in [-0.15, -0.1) is 16.8 Å². The van der Waals surface area contributed by atoms with Gasteiger partial charge in [0.25, 0.3) is 23.6 Å². The molecule has 1 unspecified atom stereocenters. The van der Waals surface area contributed by atoms with Gasteiger partial charge in [-0.25, -0.2) is 10.7 Å². The SMILES string of the molecule is C.C.CC(=O)CS.CC(=O)CSC(=O)ON1C(=O)CCC1=O.CCNC(=O)CN1C(=O)CC(SCC(C)=O)C1=O.CNC(=O)CN1C(=O)C=CC1=O.NO. The second-order valence-corrected chi connectivity index (χ2v) is 12.4. The molecule has 1 atom stereocenters. The molecule has 0 aliphatic carbocycles. The van der Waals surface area contributed by atoms with Gasteiger partial charge in [-0.05, 0) is 39.5 Å². The van der Waals surface area contributed by atoms with Crippen LogP contribution in [0.5, 0.6) is 0 Å². The lowest BCUT2D eigenvalue weighted by molar-refractivity contribution is -0.169. The van der Waals surface area contributed by atoms with Gasteiger partial charge in [-0.1, -0.05) is 14.9 Å². The number of rotatable bonds is 12. The van der Waals surface area contributed by atoms with E-state index in [1.165, 1.54) is 27.8 Å². The summed E-state index contributed by atoms with van der Waals surface area (Å²) in [5.41, 5.74) is 0. The maximum Gasteiger partial charge on any atom is 0.392 e. The maximum atomic E-state index is 11.9. The third-order valence-electron chi connectivity index (χ3n) is 5.63. The van der Waals surface area contributed by atoms with E-state index in [0.29, 0.717) is 29.1 Å². The van der Waals surface area contributed by atoms with E-state index in [4.69, 9.17) is 5.21 Å². The molecule has 3 aliphatic rings. The first-order valence-corrected chi connectivity index (χ1v) is 17.6. The van der Waals surface area contributed by atoms with Gasteiger partial charge in [-0.3, -0.25) is 62.5 Å². The van der Waals surface area contributed by atoms with Gasteiger partial charge in [-0.2, -0.15) is 12.6 Å². The predicted molar refractivity (Wildman–Crippen MR) is 202 cm³/mol. The first-order valence-electron chi connectivity index (χ1n) is 14.9. The van der Waals surface area contributed by atoms with Crippen molar-refractivity contribution in [3.8, 4) is 0 Å². The number of carbonyl (C=O) groups is 12. The molecular weight excluding hydrogens is 777 g/mol. The molecule has 3 rings (SSSR count). The minimum absolute atomic E-state index is 0. The van der Waals surface area contributed by atoms with Gasteiger partial charge in [0, 0.05) is 50.8 Å². The number of thioether (sulfide) groups is 2. The fourth-order valence-electron chi connectivity index (χ4n) is 3.29. The van der Waals surface area contributed by atoms with Crippen LogP contribution >= 0.6 is 36.2 Å². The lowest BCUT2D eigenvalue weighted by atomic mass is 10.4. The highest BCUT2D eigenvalue weighted by Crippen LogP contribution is 2.25. The molecule has 3 aliphatic heterocycles. The van der Waals surface area contributed by atoms with Gasteiger partial charge in [0.15, 0.2) is 0 Å². The summed E-state index contributed by atoms with van der Waals surface area (Å²) in [6.07, 6.45) is 2.47. The van der Waals surface area contributed by atoms with Crippen molar-refractivity contribution in [1.29, 1.82) is 0 Å². The van der Waals surface area contributed by atoms with Gasteiger partial charge in [0.1, 0.15) is 30.4 Å². The Bertz CT molecular complexity index is 1380. The van der Waals surface area contributed by atoms with Crippen LogP contribution in [0.2, 0.25) is 0 Å². The fraction of sp³-hybridized carbons (Fsp3) is 0.548. The third-order valence-corrected chi connectivity index (χ3v) is 8.28. The molecule has 0 spiro atoms. The molecule has 0 bridgehead atoms. The Labute approximate surface area is 327 Å². The molecule has 5 N–H and O–H groups in total. The summed E-state index contributed by atoms with van der Waals surface area (Å²) >= 11 is 5.44. The van der Waals surface area contributed by atoms with Gasteiger partial charge < -0.3 is 20.7 Å². The number of hydrogen-bond donors (Lipinski definition) is 5. The zero-order valence-corrected chi connectivity index (χ0v) is 31.6. The number of Topliss-reactive ketones (excluding diaryl/α,β-unsaturated/α-hetero) is 3. The van der Waals surface area contributed by atoms with Crippen molar-refractivity contribution in [2.45, 2.75) is 67.1 Å². The van der Waals surface area contributed by atoms with Crippen LogP contribution in [0.25, 0.3) is 0 Å². The van der Waals surface area contributed by atoms with Crippen molar-refractivity contribution in [2.24, 2.45) is 5.90 Å². The molecule has 0 aromatic rings. The fourth-order valence-corrected chi connectivity index (χ4v) is 4.71. The quantitative estimate of drug-likeness (QED) is 0.0971. The van der Waals surface area contributed by atoms with Crippen LogP contribution < -0.4 is 16.5 Å². The molecule has 0 radical (unpaired) electrons. The summed E-state index contributed by atoms with van der Waals surface area (Å²) < 4.78 is 0. The number of hydrogen-bond acceptors (Lipinski definition) is 18. The number of nitrogens with one attached hydrogen (secondary N) is 2. The Balaban J connectivity index is -0.000000318. The molecule has 2 fully saturated rings. The summed E-state index contributed by atoms with van der Waals surface area (Å²) in [6.45, 7) is 6.04. The Morgan fingerprint density at radius 1 is 0.815 bits per heavy atom. The molecule has 23 heteroatoms. The Morgan fingerprint density at radius 2 is 1.28 bits per heavy atom. The van der Waals surface area contributed by atoms with Crippen LogP contribution in [-0.4, -0.2) is 139 Å². The molecule has 0 aromatic carbocycles. The van der Waals surface area contributed by atoms with Crippen LogP contribution in [0.1, 0.15) is 61.8 Å². The van der Waals surface area contributed by atoms with E-state index in [0.717, 1.165) is 33.7 Å². The summed E-state index contributed by atoms with van der Waals surface area (Å²) in [4.78, 5) is 138. The highest BCUT2D eigenvalue weighted by atomic mass is 32.2. The Hall–Kier alpha value is -4.45. The number of amides is 8. The molecular formula is C31H50N6O14S3. The monoisotopic (exact) mass is 826 g/mol. The molecule has 8 amide bonds. The van der Waals surface area contributed by atoms with Crippen LogP contribution in [0.3, 0.4) is 0 Å². The van der Waals surface area contributed by atoms with E-state index in [9.17, 15) is 57.5 Å².